The van der Waals surface area contributed by atoms with Crippen molar-refractivity contribution in [1.82, 2.24) is 19.9 Å². The summed E-state index contributed by atoms with van der Waals surface area (Å²) >= 11 is 1.30. The lowest BCUT2D eigenvalue weighted by molar-refractivity contribution is -0.137. The number of aromatic amines is 1. The Morgan fingerprint density at radius 3 is 3.11 bits per heavy atom. The van der Waals surface area contributed by atoms with Gasteiger partial charge in [0.25, 0.3) is 0 Å². The van der Waals surface area contributed by atoms with Gasteiger partial charge < -0.3 is 15.0 Å². The number of thioether (sulfide) groups is 1. The van der Waals surface area contributed by atoms with E-state index in [-0.39, 0.29) is 11.7 Å². The average Bonchev–Trinajstić information content (AvgIpc) is 2.90. The highest BCUT2D eigenvalue weighted by molar-refractivity contribution is 8.00. The second kappa shape index (κ2) is 6.37. The molecule has 19 heavy (non-hydrogen) atoms. The highest BCUT2D eigenvalue weighted by Gasteiger charge is 2.12. The summed E-state index contributed by atoms with van der Waals surface area (Å²) in [5, 5.41) is 3.80. The first kappa shape index (κ1) is 13.6. The summed E-state index contributed by atoms with van der Waals surface area (Å²) in [6.45, 7) is 2.85. The van der Waals surface area contributed by atoms with E-state index in [9.17, 15) is 4.79 Å². The van der Waals surface area contributed by atoms with E-state index < -0.39 is 0 Å². The van der Waals surface area contributed by atoms with Crippen LogP contribution in [0.2, 0.25) is 0 Å². The predicted octanol–water partition coefficient (Wildman–Crippen LogP) is 1.44. The van der Waals surface area contributed by atoms with Gasteiger partial charge in [0, 0.05) is 6.54 Å². The molecule has 0 aromatic carbocycles. The Bertz CT molecular complexity index is 571. The number of rotatable bonds is 6. The number of nitrogens with zero attached hydrogens (tertiary/aromatic N) is 3. The summed E-state index contributed by atoms with van der Waals surface area (Å²) in [6.07, 6.45) is 2.54. The Labute approximate surface area is 114 Å². The molecule has 2 heterocycles. The maximum Gasteiger partial charge on any atom is 0.316 e. The zero-order chi connectivity index (χ0) is 13.7. The molecule has 2 rings (SSSR count). The lowest BCUT2D eigenvalue weighted by Gasteiger charge is -2.06. The second-order valence-electron chi connectivity index (χ2n) is 3.75. The van der Waals surface area contributed by atoms with Crippen molar-refractivity contribution < 1.29 is 9.53 Å². The molecule has 0 aliphatic rings. The molecular weight excluding hydrogens is 266 g/mol. The first-order chi connectivity index (χ1) is 9.24. The summed E-state index contributed by atoms with van der Waals surface area (Å²) < 4.78 is 4.62. The van der Waals surface area contributed by atoms with E-state index in [4.69, 9.17) is 0 Å². The molecule has 8 heteroatoms. The number of hydrogen-bond donors (Lipinski definition) is 2. The lowest BCUT2D eigenvalue weighted by Crippen LogP contribution is -2.07. The molecule has 2 aromatic heterocycles. The van der Waals surface area contributed by atoms with Gasteiger partial charge in [-0.05, 0) is 6.42 Å². The number of nitrogens with one attached hydrogen (secondary N) is 2. The van der Waals surface area contributed by atoms with Crippen molar-refractivity contribution in [2.24, 2.45) is 0 Å². The Hall–Kier alpha value is -1.83. The van der Waals surface area contributed by atoms with Gasteiger partial charge in [-0.3, -0.25) is 4.79 Å². The summed E-state index contributed by atoms with van der Waals surface area (Å²) in [4.78, 5) is 26.9. The number of imidazole rings is 1. The maximum absolute atomic E-state index is 11.2. The van der Waals surface area contributed by atoms with Gasteiger partial charge in [0.05, 0.1) is 19.2 Å². The molecule has 0 radical (unpaired) electrons. The molecule has 2 aromatic rings. The van der Waals surface area contributed by atoms with Crippen LogP contribution < -0.4 is 5.32 Å². The van der Waals surface area contributed by atoms with Crippen LogP contribution in [-0.4, -0.2) is 45.3 Å². The maximum atomic E-state index is 11.2. The van der Waals surface area contributed by atoms with Crippen molar-refractivity contribution in [3.63, 3.8) is 0 Å². The molecule has 0 aliphatic carbocycles. The van der Waals surface area contributed by atoms with Crippen LogP contribution in [0.15, 0.2) is 11.4 Å². The predicted molar refractivity (Wildman–Crippen MR) is 73.2 cm³/mol. The molecular formula is C11H15N5O2S. The highest BCUT2D eigenvalue weighted by atomic mass is 32.2. The Balaban J connectivity index is 2.23. The van der Waals surface area contributed by atoms with Crippen LogP contribution in [0, 0.1) is 0 Å². The molecule has 0 saturated carbocycles. The number of anilines is 1. The molecule has 102 valence electrons. The largest absolute Gasteiger partial charge is 0.468 e. The van der Waals surface area contributed by atoms with Gasteiger partial charge in [-0.2, -0.15) is 4.98 Å². The summed E-state index contributed by atoms with van der Waals surface area (Å²) in [6, 6.07) is 0. The second-order valence-corrected chi connectivity index (χ2v) is 4.71. The number of H-pyrrole nitrogens is 1. The quantitative estimate of drug-likeness (QED) is 0.470. The SMILES string of the molecule is CCCNc1nc(SCC(=O)OC)c2[nH]cnc2n1. The molecule has 0 bridgehead atoms. The van der Waals surface area contributed by atoms with E-state index in [0.29, 0.717) is 16.6 Å². The van der Waals surface area contributed by atoms with E-state index in [1.165, 1.54) is 18.9 Å². The van der Waals surface area contributed by atoms with Crippen molar-refractivity contribution in [1.29, 1.82) is 0 Å². The standard InChI is InChI=1S/C11H15N5O2S/c1-3-4-12-11-15-9-8(13-6-14-9)10(16-11)19-5-7(17)18-2/h6H,3-5H2,1-2H3,(H2,12,13,14,15,16). The molecule has 0 fully saturated rings. The highest BCUT2D eigenvalue weighted by Crippen LogP contribution is 2.24. The number of fused-ring (bicyclic) bond motifs is 1. The number of carbonyl (C=O) groups is 1. The number of carbonyl (C=O) groups excluding carboxylic acids is 1. The molecule has 0 unspecified atom stereocenters. The molecule has 0 spiro atoms. The van der Waals surface area contributed by atoms with Gasteiger partial charge >= 0.3 is 5.97 Å². The van der Waals surface area contributed by atoms with E-state index in [2.05, 4.69) is 36.9 Å². The van der Waals surface area contributed by atoms with Crippen LogP contribution in [0.25, 0.3) is 11.2 Å². The number of aromatic nitrogens is 4. The van der Waals surface area contributed by atoms with Gasteiger partial charge in [-0.1, -0.05) is 18.7 Å². The first-order valence-electron chi connectivity index (χ1n) is 5.89. The Morgan fingerprint density at radius 2 is 2.37 bits per heavy atom. The summed E-state index contributed by atoms with van der Waals surface area (Å²) in [5.41, 5.74) is 1.32. The third kappa shape index (κ3) is 3.34. The lowest BCUT2D eigenvalue weighted by atomic mass is 10.5. The topological polar surface area (TPSA) is 92.8 Å². The normalized spacial score (nSPS) is 10.6. The molecule has 0 amide bonds. The third-order valence-electron chi connectivity index (χ3n) is 2.34. The minimum atomic E-state index is -0.292. The van der Waals surface area contributed by atoms with Crippen molar-refractivity contribution in [3.8, 4) is 0 Å². The first-order valence-corrected chi connectivity index (χ1v) is 6.87. The number of methoxy groups -OCH3 is 1. The zero-order valence-corrected chi connectivity index (χ0v) is 11.6. The fourth-order valence-electron chi connectivity index (χ4n) is 1.41. The third-order valence-corrected chi connectivity index (χ3v) is 3.29. The van der Waals surface area contributed by atoms with Gasteiger partial charge in [0.1, 0.15) is 10.5 Å². The van der Waals surface area contributed by atoms with Crippen molar-refractivity contribution in [2.75, 3.05) is 24.7 Å². The van der Waals surface area contributed by atoms with E-state index in [1.54, 1.807) is 6.33 Å². The minimum Gasteiger partial charge on any atom is -0.468 e. The van der Waals surface area contributed by atoms with Crippen molar-refractivity contribution in [2.45, 2.75) is 18.4 Å². The summed E-state index contributed by atoms with van der Waals surface area (Å²) in [5.74, 6) is 0.433. The van der Waals surface area contributed by atoms with Gasteiger partial charge in [0.15, 0.2) is 5.65 Å². The van der Waals surface area contributed by atoms with Crippen LogP contribution >= 0.6 is 11.8 Å². The minimum absolute atomic E-state index is 0.203. The molecule has 0 aliphatic heterocycles. The van der Waals surface area contributed by atoms with E-state index in [0.717, 1.165) is 18.5 Å². The van der Waals surface area contributed by atoms with Crippen LogP contribution in [0.5, 0.6) is 0 Å². The molecule has 2 N–H and O–H groups in total. The van der Waals surface area contributed by atoms with Crippen molar-refractivity contribution >= 4 is 34.8 Å². The van der Waals surface area contributed by atoms with Gasteiger partial charge in [-0.15, -0.1) is 0 Å². The molecule has 0 saturated heterocycles. The van der Waals surface area contributed by atoms with Crippen LogP contribution in [0.4, 0.5) is 5.95 Å². The number of ether oxygens (including phenoxy) is 1. The van der Waals surface area contributed by atoms with Crippen molar-refractivity contribution in [3.05, 3.63) is 6.33 Å². The van der Waals surface area contributed by atoms with Crippen LogP contribution in [0.3, 0.4) is 0 Å². The molecule has 7 nitrogen and oxygen atoms in total. The van der Waals surface area contributed by atoms with Gasteiger partial charge in [-0.25, -0.2) is 9.97 Å². The monoisotopic (exact) mass is 281 g/mol. The Kier molecular flexibility index (Phi) is 4.56. The average molecular weight is 281 g/mol. The number of esters is 1. The van der Waals surface area contributed by atoms with Crippen LogP contribution in [-0.2, 0) is 9.53 Å². The van der Waals surface area contributed by atoms with Gasteiger partial charge in [0.2, 0.25) is 5.95 Å². The fourth-order valence-corrected chi connectivity index (χ4v) is 2.23. The van der Waals surface area contributed by atoms with E-state index in [1.807, 2.05) is 0 Å². The Morgan fingerprint density at radius 1 is 1.53 bits per heavy atom. The van der Waals surface area contributed by atoms with E-state index >= 15 is 0 Å². The summed E-state index contributed by atoms with van der Waals surface area (Å²) in [7, 11) is 1.36. The zero-order valence-electron chi connectivity index (χ0n) is 10.8. The fraction of sp³-hybridized carbons (Fsp3) is 0.455. The smallest absolute Gasteiger partial charge is 0.316 e. The van der Waals surface area contributed by atoms with Crippen LogP contribution in [0.1, 0.15) is 13.3 Å². The molecule has 0 atom stereocenters. The number of hydrogen-bond acceptors (Lipinski definition) is 7.